The lowest BCUT2D eigenvalue weighted by molar-refractivity contribution is -0.137. The zero-order valence-electron chi connectivity index (χ0n) is 17.9. The summed E-state index contributed by atoms with van der Waals surface area (Å²) in [5, 5.41) is 5.10. The second-order valence-corrected chi connectivity index (χ2v) is 9.15. The molecule has 0 radical (unpaired) electrons. The van der Waals surface area contributed by atoms with E-state index in [2.05, 4.69) is 31.4 Å². The minimum Gasteiger partial charge on any atom is -0.325 e. The largest absolute Gasteiger partial charge is 0.416 e. The van der Waals surface area contributed by atoms with E-state index in [0.717, 1.165) is 36.3 Å². The molecule has 3 rings (SSSR count). The van der Waals surface area contributed by atoms with Gasteiger partial charge in [-0.2, -0.15) is 13.2 Å². The van der Waals surface area contributed by atoms with Crippen molar-refractivity contribution in [1.82, 2.24) is 10.2 Å². The standard InChI is InChI=1S/C22H28F3N3O3/c1-4-20(2,3)14-8-10-21(11-9-14)18(30)28(19(31)27-21)13-17(29)26-16-7-5-6-15(12-16)22(23,24)25/h5-7,12,14H,4,8-11,13H2,1-3H3,(H,26,29)(H,27,31). The van der Waals surface area contributed by atoms with E-state index < -0.39 is 41.7 Å². The molecule has 0 aromatic heterocycles. The van der Waals surface area contributed by atoms with Gasteiger partial charge in [0.1, 0.15) is 12.1 Å². The predicted molar refractivity (Wildman–Crippen MR) is 109 cm³/mol. The smallest absolute Gasteiger partial charge is 0.325 e. The lowest BCUT2D eigenvalue weighted by Crippen LogP contribution is -2.51. The molecule has 0 atom stereocenters. The van der Waals surface area contributed by atoms with Crippen LogP contribution in [0.1, 0.15) is 58.4 Å². The van der Waals surface area contributed by atoms with E-state index in [1.807, 2.05) is 0 Å². The molecule has 1 aromatic rings. The summed E-state index contributed by atoms with van der Waals surface area (Å²) in [5.74, 6) is -0.726. The van der Waals surface area contributed by atoms with Crippen LogP contribution < -0.4 is 10.6 Å². The van der Waals surface area contributed by atoms with Crippen molar-refractivity contribution in [3.05, 3.63) is 29.8 Å². The molecule has 170 valence electrons. The lowest BCUT2D eigenvalue weighted by atomic mass is 9.65. The fraction of sp³-hybridized carbons (Fsp3) is 0.591. The summed E-state index contributed by atoms with van der Waals surface area (Å²) in [6.07, 6.45) is -0.890. The number of carbonyl (C=O) groups is 3. The predicted octanol–water partition coefficient (Wildman–Crippen LogP) is 4.56. The zero-order valence-corrected chi connectivity index (χ0v) is 17.9. The molecular weight excluding hydrogens is 411 g/mol. The minimum absolute atomic E-state index is 0.0519. The fourth-order valence-corrected chi connectivity index (χ4v) is 4.46. The van der Waals surface area contributed by atoms with E-state index in [1.165, 1.54) is 12.1 Å². The van der Waals surface area contributed by atoms with Gasteiger partial charge in [-0.15, -0.1) is 0 Å². The second-order valence-electron chi connectivity index (χ2n) is 9.15. The molecule has 1 aliphatic carbocycles. The highest BCUT2D eigenvalue weighted by Gasteiger charge is 2.53. The Hall–Kier alpha value is -2.58. The number of halogens is 3. The van der Waals surface area contributed by atoms with Gasteiger partial charge in [-0.3, -0.25) is 14.5 Å². The van der Waals surface area contributed by atoms with Crippen molar-refractivity contribution in [2.24, 2.45) is 11.3 Å². The highest BCUT2D eigenvalue weighted by atomic mass is 19.4. The van der Waals surface area contributed by atoms with Gasteiger partial charge in [0.25, 0.3) is 5.91 Å². The Labute approximate surface area is 179 Å². The molecule has 31 heavy (non-hydrogen) atoms. The number of alkyl halides is 3. The molecule has 1 aliphatic heterocycles. The van der Waals surface area contributed by atoms with Crippen LogP contribution in [0.5, 0.6) is 0 Å². The first kappa shape index (κ1) is 23.1. The Kier molecular flexibility index (Phi) is 6.08. The van der Waals surface area contributed by atoms with Crippen molar-refractivity contribution in [3.63, 3.8) is 0 Å². The van der Waals surface area contributed by atoms with E-state index in [1.54, 1.807) is 0 Å². The maximum absolute atomic E-state index is 13.0. The summed E-state index contributed by atoms with van der Waals surface area (Å²) in [5.41, 5.74) is -1.79. The maximum Gasteiger partial charge on any atom is 0.416 e. The van der Waals surface area contributed by atoms with E-state index in [0.29, 0.717) is 18.8 Å². The topological polar surface area (TPSA) is 78.5 Å². The van der Waals surface area contributed by atoms with Gasteiger partial charge in [-0.1, -0.05) is 33.3 Å². The molecule has 1 saturated heterocycles. The van der Waals surface area contributed by atoms with E-state index >= 15 is 0 Å². The summed E-state index contributed by atoms with van der Waals surface area (Å²) in [7, 11) is 0. The maximum atomic E-state index is 13.0. The van der Waals surface area contributed by atoms with Crippen molar-refractivity contribution >= 4 is 23.5 Å². The Bertz CT molecular complexity index is 874. The van der Waals surface area contributed by atoms with E-state index in [4.69, 9.17) is 0 Å². The van der Waals surface area contributed by atoms with Gasteiger partial charge in [-0.05, 0) is 55.2 Å². The molecule has 4 amide bonds. The molecule has 1 spiro atoms. The van der Waals surface area contributed by atoms with Crippen LogP contribution in [0.2, 0.25) is 0 Å². The molecule has 1 saturated carbocycles. The number of imide groups is 1. The number of nitrogens with one attached hydrogen (secondary N) is 2. The monoisotopic (exact) mass is 439 g/mol. The molecule has 0 unspecified atom stereocenters. The van der Waals surface area contributed by atoms with Gasteiger partial charge in [0.15, 0.2) is 0 Å². The van der Waals surface area contributed by atoms with Crippen LogP contribution in [-0.2, 0) is 15.8 Å². The summed E-state index contributed by atoms with van der Waals surface area (Å²) < 4.78 is 38.5. The first-order valence-corrected chi connectivity index (χ1v) is 10.5. The fourth-order valence-electron chi connectivity index (χ4n) is 4.46. The van der Waals surface area contributed by atoms with Gasteiger partial charge >= 0.3 is 12.2 Å². The molecule has 6 nitrogen and oxygen atoms in total. The van der Waals surface area contributed by atoms with Crippen molar-refractivity contribution in [1.29, 1.82) is 0 Å². The van der Waals surface area contributed by atoms with Crippen LogP contribution in [0.25, 0.3) is 0 Å². The third-order valence-corrected chi connectivity index (χ3v) is 6.88. The number of benzene rings is 1. The number of rotatable bonds is 5. The molecule has 0 bridgehead atoms. The first-order valence-electron chi connectivity index (χ1n) is 10.5. The number of nitrogens with zero attached hydrogens (tertiary/aromatic N) is 1. The summed E-state index contributed by atoms with van der Waals surface area (Å²) in [6, 6.07) is 3.56. The molecular formula is C22H28F3N3O3. The summed E-state index contributed by atoms with van der Waals surface area (Å²) >= 11 is 0. The van der Waals surface area contributed by atoms with Gasteiger partial charge in [0.2, 0.25) is 5.91 Å². The number of anilines is 1. The summed E-state index contributed by atoms with van der Waals surface area (Å²) in [6.45, 7) is 5.99. The average molecular weight is 439 g/mol. The molecule has 9 heteroatoms. The van der Waals surface area contributed by atoms with Gasteiger partial charge in [-0.25, -0.2) is 4.79 Å². The molecule has 1 aromatic carbocycles. The number of amides is 4. The van der Waals surface area contributed by atoms with Crippen LogP contribution in [0.4, 0.5) is 23.7 Å². The van der Waals surface area contributed by atoms with E-state index in [-0.39, 0.29) is 11.1 Å². The third-order valence-electron chi connectivity index (χ3n) is 6.88. The van der Waals surface area contributed by atoms with Gasteiger partial charge in [0, 0.05) is 5.69 Å². The minimum atomic E-state index is -4.54. The normalized spacial score (nSPS) is 24.5. The Morgan fingerprint density at radius 1 is 1.23 bits per heavy atom. The highest BCUT2D eigenvalue weighted by molar-refractivity contribution is 6.10. The highest BCUT2D eigenvalue weighted by Crippen LogP contribution is 2.45. The number of carbonyl (C=O) groups excluding carboxylic acids is 3. The number of urea groups is 1. The Morgan fingerprint density at radius 2 is 1.87 bits per heavy atom. The lowest BCUT2D eigenvalue weighted by Gasteiger charge is -2.42. The van der Waals surface area contributed by atoms with Gasteiger partial charge < -0.3 is 10.6 Å². The van der Waals surface area contributed by atoms with Crippen molar-refractivity contribution in [3.8, 4) is 0 Å². The molecule has 2 fully saturated rings. The second kappa shape index (κ2) is 8.16. The number of hydrogen-bond acceptors (Lipinski definition) is 3. The summed E-state index contributed by atoms with van der Waals surface area (Å²) in [4.78, 5) is 38.6. The van der Waals surface area contributed by atoms with Crippen molar-refractivity contribution in [2.75, 3.05) is 11.9 Å². The first-order chi connectivity index (χ1) is 14.4. The van der Waals surface area contributed by atoms with Crippen LogP contribution in [0, 0.1) is 11.3 Å². The van der Waals surface area contributed by atoms with Crippen LogP contribution in [-0.4, -0.2) is 34.8 Å². The van der Waals surface area contributed by atoms with E-state index in [9.17, 15) is 27.6 Å². The van der Waals surface area contributed by atoms with Crippen LogP contribution in [0.15, 0.2) is 24.3 Å². The van der Waals surface area contributed by atoms with Gasteiger partial charge in [0.05, 0.1) is 5.56 Å². The van der Waals surface area contributed by atoms with Crippen molar-refractivity contribution in [2.45, 2.75) is 64.6 Å². The van der Waals surface area contributed by atoms with Crippen molar-refractivity contribution < 1.29 is 27.6 Å². The number of hydrogen-bond donors (Lipinski definition) is 2. The van der Waals surface area contributed by atoms with Crippen LogP contribution in [0.3, 0.4) is 0 Å². The SMILES string of the molecule is CCC(C)(C)C1CCC2(CC1)NC(=O)N(CC(=O)Nc1cccc(C(F)(F)F)c1)C2=O. The zero-order chi connectivity index (χ0) is 23.0. The quantitative estimate of drug-likeness (QED) is 0.660. The average Bonchev–Trinajstić information content (AvgIpc) is 2.92. The molecule has 1 heterocycles. The Balaban J connectivity index is 1.64. The van der Waals surface area contributed by atoms with Crippen LogP contribution >= 0.6 is 0 Å². The Morgan fingerprint density at radius 3 is 2.45 bits per heavy atom. The third kappa shape index (κ3) is 4.70. The molecule has 2 aliphatic rings. The molecule has 2 N–H and O–H groups in total.